The predicted molar refractivity (Wildman–Crippen MR) is 116 cm³/mol. The Morgan fingerprint density at radius 3 is 1.91 bits per heavy atom. The van der Waals surface area contributed by atoms with E-state index in [4.69, 9.17) is 52.1 Å². The number of rotatable bonds is 15. The highest BCUT2D eigenvalue weighted by molar-refractivity contribution is 4.97. The Morgan fingerprint density at radius 2 is 1.39 bits per heavy atom. The van der Waals surface area contributed by atoms with E-state index < -0.39 is 55.3 Å². The summed E-state index contributed by atoms with van der Waals surface area (Å²) in [6.45, 7) is 4.58. The van der Waals surface area contributed by atoms with Crippen molar-refractivity contribution in [3.8, 4) is 0 Å². The van der Waals surface area contributed by atoms with Gasteiger partial charge in [-0.3, -0.25) is 0 Å². The first-order valence-corrected chi connectivity index (χ1v) is 10.9. The van der Waals surface area contributed by atoms with Crippen molar-refractivity contribution in [1.29, 1.82) is 0 Å². The molecule has 0 bridgehead atoms. The number of methoxy groups -OCH3 is 7. The van der Waals surface area contributed by atoms with Crippen LogP contribution in [0.2, 0.25) is 0 Å². The third-order valence-electron chi connectivity index (χ3n) is 5.93. The zero-order chi connectivity index (χ0) is 24.4. The van der Waals surface area contributed by atoms with Crippen LogP contribution in [0.25, 0.3) is 0 Å². The molecular weight excluding hydrogens is 440 g/mol. The molecule has 11 nitrogen and oxygen atoms in total. The van der Waals surface area contributed by atoms with Gasteiger partial charge in [0, 0.05) is 49.8 Å². The average molecular weight is 481 g/mol. The van der Waals surface area contributed by atoms with E-state index >= 15 is 0 Å². The van der Waals surface area contributed by atoms with Crippen LogP contribution in [0.1, 0.15) is 0 Å². The SMILES string of the molecule is C=CCOC[C@H]1O[C@H](OC)[C@H](OC)[C@@H](OC)[C@@H]1O[C@H]1O[C@H]([C@@H](COC)OC)[C@@H](OC)[C@@H]1OC. The van der Waals surface area contributed by atoms with Crippen LogP contribution in [-0.2, 0) is 52.1 Å². The van der Waals surface area contributed by atoms with Crippen LogP contribution >= 0.6 is 0 Å². The molecule has 0 aliphatic carbocycles. The predicted octanol–water partition coefficient (Wildman–Crippen LogP) is 0.392. The fourth-order valence-electron chi connectivity index (χ4n) is 4.34. The van der Waals surface area contributed by atoms with Gasteiger partial charge in [0.1, 0.15) is 48.8 Å². The minimum absolute atomic E-state index is 0.221. The van der Waals surface area contributed by atoms with Crippen molar-refractivity contribution >= 4 is 0 Å². The Balaban J connectivity index is 2.29. The van der Waals surface area contributed by atoms with Gasteiger partial charge in [-0.05, 0) is 0 Å². The van der Waals surface area contributed by atoms with Gasteiger partial charge < -0.3 is 52.1 Å². The number of ether oxygens (including phenoxy) is 11. The quantitative estimate of drug-likeness (QED) is 0.240. The Labute approximate surface area is 196 Å². The first-order valence-electron chi connectivity index (χ1n) is 10.9. The van der Waals surface area contributed by atoms with Crippen LogP contribution in [0.4, 0.5) is 0 Å². The zero-order valence-corrected chi connectivity index (χ0v) is 20.7. The fraction of sp³-hybridized carbons (Fsp3) is 0.909. The molecule has 33 heavy (non-hydrogen) atoms. The molecule has 0 amide bonds. The molecule has 0 aromatic heterocycles. The van der Waals surface area contributed by atoms with Crippen molar-refractivity contribution in [2.75, 3.05) is 69.6 Å². The molecule has 2 fully saturated rings. The molecule has 2 rings (SSSR count). The minimum Gasteiger partial charge on any atom is -0.382 e. The summed E-state index contributed by atoms with van der Waals surface area (Å²) in [5, 5.41) is 0. The molecule has 0 spiro atoms. The van der Waals surface area contributed by atoms with E-state index in [2.05, 4.69) is 6.58 Å². The second kappa shape index (κ2) is 14.6. The van der Waals surface area contributed by atoms with Crippen molar-refractivity contribution in [1.82, 2.24) is 0 Å². The van der Waals surface area contributed by atoms with Crippen molar-refractivity contribution in [2.24, 2.45) is 0 Å². The summed E-state index contributed by atoms with van der Waals surface area (Å²) in [4.78, 5) is 0. The van der Waals surface area contributed by atoms with Crippen LogP contribution in [0.3, 0.4) is 0 Å². The van der Waals surface area contributed by atoms with E-state index in [1.807, 2.05) is 0 Å². The van der Waals surface area contributed by atoms with E-state index in [9.17, 15) is 0 Å². The van der Waals surface area contributed by atoms with Gasteiger partial charge in [0.25, 0.3) is 0 Å². The lowest BCUT2D eigenvalue weighted by atomic mass is 9.98. The molecule has 2 saturated heterocycles. The third-order valence-corrected chi connectivity index (χ3v) is 5.93. The molecule has 2 heterocycles. The Bertz CT molecular complexity index is 550. The van der Waals surface area contributed by atoms with Gasteiger partial charge in [-0.2, -0.15) is 0 Å². The summed E-state index contributed by atoms with van der Waals surface area (Å²) in [5.74, 6) is 0. The van der Waals surface area contributed by atoms with Crippen LogP contribution in [-0.4, -0.2) is 131 Å². The molecule has 11 heteroatoms. The summed E-state index contributed by atoms with van der Waals surface area (Å²) < 4.78 is 63.6. The van der Waals surface area contributed by atoms with Gasteiger partial charge in [0.2, 0.25) is 0 Å². The number of hydrogen-bond acceptors (Lipinski definition) is 11. The van der Waals surface area contributed by atoms with Gasteiger partial charge in [-0.15, -0.1) is 6.58 Å². The largest absolute Gasteiger partial charge is 0.382 e. The zero-order valence-electron chi connectivity index (χ0n) is 20.7. The molecule has 194 valence electrons. The molecule has 0 aromatic carbocycles. The second-order valence-electron chi connectivity index (χ2n) is 7.71. The smallest absolute Gasteiger partial charge is 0.187 e. The van der Waals surface area contributed by atoms with Gasteiger partial charge in [0.15, 0.2) is 12.6 Å². The van der Waals surface area contributed by atoms with Crippen LogP contribution in [0.15, 0.2) is 12.7 Å². The van der Waals surface area contributed by atoms with Gasteiger partial charge >= 0.3 is 0 Å². The molecule has 0 radical (unpaired) electrons. The fourth-order valence-corrected chi connectivity index (χ4v) is 4.34. The second-order valence-corrected chi connectivity index (χ2v) is 7.71. The first-order chi connectivity index (χ1) is 16.0. The summed E-state index contributed by atoms with van der Waals surface area (Å²) in [6.07, 6.45) is -3.92. The van der Waals surface area contributed by atoms with Crippen molar-refractivity contribution in [2.45, 2.75) is 61.4 Å². The topological polar surface area (TPSA) is 102 Å². The van der Waals surface area contributed by atoms with Gasteiger partial charge in [0.05, 0.1) is 19.8 Å². The molecule has 2 aliphatic rings. The van der Waals surface area contributed by atoms with E-state index in [0.717, 1.165) is 0 Å². The van der Waals surface area contributed by atoms with Crippen molar-refractivity contribution in [3.63, 3.8) is 0 Å². The lowest BCUT2D eigenvalue weighted by molar-refractivity contribution is -0.334. The van der Waals surface area contributed by atoms with Gasteiger partial charge in [-0.1, -0.05) is 6.08 Å². The molecule has 0 saturated carbocycles. The van der Waals surface area contributed by atoms with Crippen molar-refractivity contribution in [3.05, 3.63) is 12.7 Å². The van der Waals surface area contributed by atoms with E-state index in [1.165, 1.54) is 0 Å². The van der Waals surface area contributed by atoms with E-state index in [1.54, 1.807) is 55.8 Å². The summed E-state index contributed by atoms with van der Waals surface area (Å²) >= 11 is 0. The molecule has 10 atom stereocenters. The normalized spacial score (nSPS) is 37.8. The van der Waals surface area contributed by atoms with Crippen molar-refractivity contribution < 1.29 is 52.1 Å². The van der Waals surface area contributed by atoms with Crippen LogP contribution < -0.4 is 0 Å². The highest BCUT2D eigenvalue weighted by Gasteiger charge is 2.54. The minimum atomic E-state index is -0.802. The third kappa shape index (κ3) is 6.71. The maximum atomic E-state index is 6.45. The van der Waals surface area contributed by atoms with E-state index in [-0.39, 0.29) is 12.7 Å². The summed E-state index contributed by atoms with van der Waals surface area (Å²) in [5.41, 5.74) is 0. The Kier molecular flexibility index (Phi) is 12.7. The summed E-state index contributed by atoms with van der Waals surface area (Å²) in [7, 11) is 11.0. The standard InChI is InChI=1S/C22H40O11/c1-9-10-30-12-14-16(18(26-5)19(27-6)21(29-8)31-14)33-22-20(28-7)17(25-4)15(32-22)13(24-3)11-23-2/h9,13-22H,1,10-12H2,2-8H3/t13-,14-,15-,16-,17-,18+,19-,20+,21+,22-/m1/s1. The molecular formula is C22H40O11. The lowest BCUT2D eigenvalue weighted by Crippen LogP contribution is -2.62. The number of hydrogen-bond donors (Lipinski definition) is 0. The Hall–Kier alpha value is -0.700. The molecule has 0 aromatic rings. The molecule has 0 unspecified atom stereocenters. The monoisotopic (exact) mass is 480 g/mol. The molecule has 2 aliphatic heterocycles. The first kappa shape index (κ1) is 28.5. The maximum Gasteiger partial charge on any atom is 0.187 e. The summed E-state index contributed by atoms with van der Waals surface area (Å²) in [6, 6.07) is 0. The Morgan fingerprint density at radius 1 is 0.758 bits per heavy atom. The molecule has 0 N–H and O–H groups in total. The van der Waals surface area contributed by atoms with Gasteiger partial charge in [-0.25, -0.2) is 0 Å². The van der Waals surface area contributed by atoms with E-state index in [0.29, 0.717) is 13.2 Å². The lowest BCUT2D eigenvalue weighted by Gasteiger charge is -2.45. The van der Waals surface area contributed by atoms with Crippen LogP contribution in [0, 0.1) is 0 Å². The highest BCUT2D eigenvalue weighted by atomic mass is 16.8. The average Bonchev–Trinajstić information content (AvgIpc) is 3.19. The highest BCUT2D eigenvalue weighted by Crippen LogP contribution is 2.35. The maximum absolute atomic E-state index is 6.45. The van der Waals surface area contributed by atoms with Crippen LogP contribution in [0.5, 0.6) is 0 Å².